The van der Waals surface area contributed by atoms with Crippen molar-refractivity contribution in [2.75, 3.05) is 18.9 Å². The van der Waals surface area contributed by atoms with E-state index in [1.54, 1.807) is 0 Å². The van der Waals surface area contributed by atoms with E-state index in [1.165, 1.54) is 0 Å². The Kier molecular flexibility index (Phi) is 5.34. The molecule has 0 radical (unpaired) electrons. The SMILES string of the molecule is CCC1OCCC1CNCc1cc(Cl)c(N)c(Cl)c1. The lowest BCUT2D eigenvalue weighted by Crippen LogP contribution is -2.27. The van der Waals surface area contributed by atoms with E-state index in [2.05, 4.69) is 12.2 Å². The minimum Gasteiger partial charge on any atom is -0.396 e. The molecule has 2 atom stereocenters. The van der Waals surface area contributed by atoms with E-state index in [9.17, 15) is 0 Å². The summed E-state index contributed by atoms with van der Waals surface area (Å²) in [5.74, 6) is 0.602. The van der Waals surface area contributed by atoms with Crippen LogP contribution in [-0.4, -0.2) is 19.3 Å². The summed E-state index contributed by atoms with van der Waals surface area (Å²) in [4.78, 5) is 0. The van der Waals surface area contributed by atoms with Crippen LogP contribution in [0.25, 0.3) is 0 Å². The molecule has 0 aliphatic carbocycles. The van der Waals surface area contributed by atoms with Gasteiger partial charge in [-0.2, -0.15) is 0 Å². The van der Waals surface area contributed by atoms with Crippen LogP contribution in [0.1, 0.15) is 25.3 Å². The number of nitrogen functional groups attached to an aromatic ring is 1. The van der Waals surface area contributed by atoms with Crippen molar-refractivity contribution >= 4 is 28.9 Å². The zero-order chi connectivity index (χ0) is 13.8. The van der Waals surface area contributed by atoms with Gasteiger partial charge in [0.15, 0.2) is 0 Å². The third kappa shape index (κ3) is 3.76. The molecule has 2 unspecified atom stereocenters. The zero-order valence-electron chi connectivity index (χ0n) is 11.1. The van der Waals surface area contributed by atoms with Crippen LogP contribution in [0.15, 0.2) is 12.1 Å². The first-order valence-corrected chi connectivity index (χ1v) is 7.43. The number of anilines is 1. The van der Waals surface area contributed by atoms with Crippen molar-refractivity contribution in [1.29, 1.82) is 0 Å². The molecule has 106 valence electrons. The number of hydrogen-bond acceptors (Lipinski definition) is 3. The Labute approximate surface area is 124 Å². The molecule has 1 fully saturated rings. The van der Waals surface area contributed by atoms with Gasteiger partial charge in [0.1, 0.15) is 0 Å². The van der Waals surface area contributed by atoms with Crippen LogP contribution in [0.4, 0.5) is 5.69 Å². The van der Waals surface area contributed by atoms with E-state index >= 15 is 0 Å². The molecule has 3 N–H and O–H groups in total. The molecule has 0 spiro atoms. The molecule has 2 rings (SSSR count). The minimum absolute atomic E-state index is 0.395. The number of nitrogens with one attached hydrogen (secondary N) is 1. The van der Waals surface area contributed by atoms with Crippen LogP contribution >= 0.6 is 23.2 Å². The van der Waals surface area contributed by atoms with Crippen molar-refractivity contribution in [2.24, 2.45) is 5.92 Å². The van der Waals surface area contributed by atoms with Gasteiger partial charge in [0.05, 0.1) is 21.8 Å². The largest absolute Gasteiger partial charge is 0.396 e. The van der Waals surface area contributed by atoms with E-state index in [-0.39, 0.29) is 0 Å². The fourth-order valence-electron chi connectivity index (χ4n) is 2.52. The number of halogens is 2. The highest BCUT2D eigenvalue weighted by molar-refractivity contribution is 6.38. The fraction of sp³-hybridized carbons (Fsp3) is 0.571. The molecule has 19 heavy (non-hydrogen) atoms. The minimum atomic E-state index is 0.395. The Morgan fingerprint density at radius 3 is 2.68 bits per heavy atom. The number of rotatable bonds is 5. The van der Waals surface area contributed by atoms with Gasteiger partial charge in [-0.05, 0) is 36.5 Å². The lowest BCUT2D eigenvalue weighted by Gasteiger charge is -2.17. The van der Waals surface area contributed by atoms with Crippen LogP contribution in [0.5, 0.6) is 0 Å². The van der Waals surface area contributed by atoms with Gasteiger partial charge in [-0.3, -0.25) is 0 Å². The van der Waals surface area contributed by atoms with Gasteiger partial charge in [0, 0.05) is 19.7 Å². The first-order chi connectivity index (χ1) is 9.11. The number of nitrogens with two attached hydrogens (primary N) is 1. The average molecular weight is 303 g/mol. The lowest BCUT2D eigenvalue weighted by atomic mass is 9.99. The third-order valence-corrected chi connectivity index (χ3v) is 4.25. The smallest absolute Gasteiger partial charge is 0.0693 e. The second kappa shape index (κ2) is 6.80. The van der Waals surface area contributed by atoms with Crippen molar-refractivity contribution in [2.45, 2.75) is 32.4 Å². The van der Waals surface area contributed by atoms with Crippen LogP contribution in [-0.2, 0) is 11.3 Å². The van der Waals surface area contributed by atoms with Crippen LogP contribution in [0.3, 0.4) is 0 Å². The van der Waals surface area contributed by atoms with E-state index in [1.807, 2.05) is 12.1 Å². The lowest BCUT2D eigenvalue weighted by molar-refractivity contribution is 0.0872. The Morgan fingerprint density at radius 1 is 1.37 bits per heavy atom. The van der Waals surface area contributed by atoms with Gasteiger partial charge in [0.2, 0.25) is 0 Å². The highest BCUT2D eigenvalue weighted by Crippen LogP contribution is 2.29. The summed E-state index contributed by atoms with van der Waals surface area (Å²) < 4.78 is 5.67. The van der Waals surface area contributed by atoms with Crippen molar-refractivity contribution in [3.63, 3.8) is 0 Å². The number of benzene rings is 1. The first-order valence-electron chi connectivity index (χ1n) is 6.67. The van der Waals surface area contributed by atoms with Gasteiger partial charge in [0.25, 0.3) is 0 Å². The molecule has 3 nitrogen and oxygen atoms in total. The number of ether oxygens (including phenoxy) is 1. The number of hydrogen-bond donors (Lipinski definition) is 2. The van der Waals surface area contributed by atoms with Crippen molar-refractivity contribution < 1.29 is 4.74 Å². The highest BCUT2D eigenvalue weighted by Gasteiger charge is 2.25. The Balaban J connectivity index is 1.86. The molecule has 0 saturated carbocycles. The summed E-state index contributed by atoms with van der Waals surface area (Å²) in [6.07, 6.45) is 2.60. The molecule has 0 bridgehead atoms. The molecule has 1 saturated heterocycles. The van der Waals surface area contributed by atoms with Gasteiger partial charge in [-0.25, -0.2) is 0 Å². The predicted octanol–water partition coefficient (Wildman–Crippen LogP) is 3.48. The molecular weight excluding hydrogens is 283 g/mol. The van der Waals surface area contributed by atoms with E-state index in [0.29, 0.717) is 27.8 Å². The van der Waals surface area contributed by atoms with E-state index in [0.717, 1.165) is 38.1 Å². The van der Waals surface area contributed by atoms with Gasteiger partial charge in [-0.15, -0.1) is 0 Å². The quantitative estimate of drug-likeness (QED) is 0.819. The first kappa shape index (κ1) is 14.9. The molecule has 5 heteroatoms. The molecule has 0 aromatic heterocycles. The predicted molar refractivity (Wildman–Crippen MR) is 80.7 cm³/mol. The summed E-state index contributed by atoms with van der Waals surface area (Å²) >= 11 is 12.0. The summed E-state index contributed by atoms with van der Waals surface area (Å²) in [7, 11) is 0. The monoisotopic (exact) mass is 302 g/mol. The molecule has 0 amide bonds. The Morgan fingerprint density at radius 2 is 2.05 bits per heavy atom. The molecular formula is C14H20Cl2N2O. The molecule has 1 aromatic carbocycles. The fourth-order valence-corrected chi connectivity index (χ4v) is 3.05. The van der Waals surface area contributed by atoms with Crippen molar-refractivity contribution in [3.8, 4) is 0 Å². The maximum atomic E-state index is 6.01. The molecule has 1 aliphatic rings. The van der Waals surface area contributed by atoms with Gasteiger partial charge >= 0.3 is 0 Å². The van der Waals surface area contributed by atoms with Gasteiger partial charge < -0.3 is 15.8 Å². The molecule has 1 heterocycles. The zero-order valence-corrected chi connectivity index (χ0v) is 12.6. The summed E-state index contributed by atoms with van der Waals surface area (Å²) in [6, 6.07) is 3.72. The third-order valence-electron chi connectivity index (χ3n) is 3.62. The summed E-state index contributed by atoms with van der Waals surface area (Å²) in [5, 5.41) is 4.47. The maximum Gasteiger partial charge on any atom is 0.0693 e. The van der Waals surface area contributed by atoms with Crippen molar-refractivity contribution in [1.82, 2.24) is 5.32 Å². The van der Waals surface area contributed by atoms with Crippen LogP contribution in [0.2, 0.25) is 10.0 Å². The highest BCUT2D eigenvalue weighted by atomic mass is 35.5. The average Bonchev–Trinajstić information content (AvgIpc) is 2.83. The maximum absolute atomic E-state index is 6.01. The Bertz CT molecular complexity index is 416. The summed E-state index contributed by atoms with van der Waals surface area (Å²) in [6.45, 7) is 4.75. The second-order valence-electron chi connectivity index (χ2n) is 4.97. The topological polar surface area (TPSA) is 47.3 Å². The van der Waals surface area contributed by atoms with Crippen LogP contribution in [0, 0.1) is 5.92 Å². The van der Waals surface area contributed by atoms with E-state index < -0.39 is 0 Å². The van der Waals surface area contributed by atoms with Crippen LogP contribution < -0.4 is 11.1 Å². The van der Waals surface area contributed by atoms with Gasteiger partial charge in [-0.1, -0.05) is 30.1 Å². The van der Waals surface area contributed by atoms with Crippen molar-refractivity contribution in [3.05, 3.63) is 27.7 Å². The normalized spacial score (nSPS) is 22.9. The summed E-state index contributed by atoms with van der Waals surface area (Å²) in [5.41, 5.74) is 7.21. The molecule has 1 aliphatic heterocycles. The van der Waals surface area contributed by atoms with E-state index in [4.69, 9.17) is 33.7 Å². The standard InChI is InChI=1S/C14H20Cl2N2O/c1-2-13-10(3-4-19-13)8-18-7-9-5-11(15)14(17)12(16)6-9/h5-6,10,13,18H,2-4,7-8,17H2,1H3. The second-order valence-corrected chi connectivity index (χ2v) is 5.78. The molecule has 1 aromatic rings. The Hall–Kier alpha value is -0.480.